The number of H-pyrrole nitrogens is 1. The zero-order valence-electron chi connectivity index (χ0n) is 13.9. The van der Waals surface area contributed by atoms with Gasteiger partial charge in [-0.1, -0.05) is 0 Å². The second kappa shape index (κ2) is 7.13. The Hall–Kier alpha value is -2.56. The van der Waals surface area contributed by atoms with Gasteiger partial charge in [0.05, 0.1) is 23.9 Å². The first-order valence-electron chi connectivity index (χ1n) is 7.62. The molecule has 122 valence electrons. The number of esters is 2. The van der Waals surface area contributed by atoms with Gasteiger partial charge in [-0.25, -0.2) is 9.59 Å². The van der Waals surface area contributed by atoms with E-state index < -0.39 is 11.9 Å². The summed E-state index contributed by atoms with van der Waals surface area (Å²) in [6, 6.07) is 3.99. The fourth-order valence-corrected chi connectivity index (χ4v) is 2.37. The number of hydrogen-bond donors (Lipinski definition) is 1. The third-order valence-electron chi connectivity index (χ3n) is 3.58. The first-order valence-corrected chi connectivity index (χ1v) is 7.62. The molecule has 1 aromatic carbocycles. The van der Waals surface area contributed by atoms with E-state index in [1.54, 1.807) is 13.8 Å². The molecule has 5 heteroatoms. The van der Waals surface area contributed by atoms with Crippen LogP contribution in [-0.2, 0) is 19.1 Å². The summed E-state index contributed by atoms with van der Waals surface area (Å²) in [5, 5.41) is 2.99. The normalized spacial score (nSPS) is 12.7. The van der Waals surface area contributed by atoms with Crippen LogP contribution in [0.4, 0.5) is 0 Å². The summed E-state index contributed by atoms with van der Waals surface area (Å²) in [5.74, 6) is -0.840. The minimum absolute atomic E-state index is 0.313. The van der Waals surface area contributed by atoms with Gasteiger partial charge in [-0.15, -0.1) is 0 Å². The molecular weight excluding hydrogens is 294 g/mol. The van der Waals surface area contributed by atoms with E-state index in [1.807, 2.05) is 26.0 Å². The predicted molar refractivity (Wildman–Crippen MR) is 89.2 cm³/mol. The third-order valence-corrected chi connectivity index (χ3v) is 3.58. The first-order chi connectivity index (χ1) is 11.0. The average Bonchev–Trinajstić information content (AvgIpc) is 2.77. The Bertz CT molecular complexity index is 791. The number of ether oxygens (including phenoxy) is 2. The number of aromatic nitrogens is 1. The second-order valence-corrected chi connectivity index (χ2v) is 5.23. The van der Waals surface area contributed by atoms with E-state index in [2.05, 4.69) is 4.98 Å². The van der Waals surface area contributed by atoms with Crippen molar-refractivity contribution in [3.8, 4) is 0 Å². The molecule has 0 fully saturated rings. The van der Waals surface area contributed by atoms with Gasteiger partial charge in [-0.2, -0.15) is 0 Å². The highest BCUT2D eigenvalue weighted by Crippen LogP contribution is 2.13. The van der Waals surface area contributed by atoms with E-state index >= 15 is 0 Å². The molecule has 0 amide bonds. The summed E-state index contributed by atoms with van der Waals surface area (Å²) in [5.41, 5.74) is 2.22. The predicted octanol–water partition coefficient (Wildman–Crippen LogP) is 1.47. The van der Waals surface area contributed by atoms with Crippen LogP contribution in [0, 0.1) is 13.8 Å². The molecule has 0 aliphatic heterocycles. The van der Waals surface area contributed by atoms with Crippen LogP contribution < -0.4 is 10.7 Å². The van der Waals surface area contributed by atoms with Crippen molar-refractivity contribution in [1.82, 2.24) is 4.98 Å². The summed E-state index contributed by atoms with van der Waals surface area (Å²) < 4.78 is 9.92. The summed E-state index contributed by atoms with van der Waals surface area (Å²) in [7, 11) is 0. The Morgan fingerprint density at radius 3 is 1.65 bits per heavy atom. The summed E-state index contributed by atoms with van der Waals surface area (Å²) in [6.45, 7) is 8.15. The van der Waals surface area contributed by atoms with Crippen molar-refractivity contribution in [1.29, 1.82) is 0 Å². The van der Waals surface area contributed by atoms with Gasteiger partial charge in [-0.3, -0.25) is 0 Å². The Balaban J connectivity index is 2.72. The van der Waals surface area contributed by atoms with Crippen LogP contribution in [0.1, 0.15) is 25.0 Å². The standard InChI is InChI=1S/C18H21NO4/c1-5-22-17(20)9-15-13-7-11(3)12(4)8-14(13)16(19-15)10-18(21)23-6-2/h7-10,19H,5-6H2,1-4H3/b15-9-,16-10-. The molecule has 0 radical (unpaired) electrons. The maximum Gasteiger partial charge on any atom is 0.332 e. The van der Waals surface area contributed by atoms with Gasteiger partial charge in [0.2, 0.25) is 0 Å². The van der Waals surface area contributed by atoms with E-state index in [9.17, 15) is 9.59 Å². The van der Waals surface area contributed by atoms with Gasteiger partial charge in [-0.05, 0) is 51.0 Å². The quantitative estimate of drug-likeness (QED) is 0.868. The van der Waals surface area contributed by atoms with Crippen molar-refractivity contribution in [2.75, 3.05) is 13.2 Å². The summed E-state index contributed by atoms with van der Waals surface area (Å²) >= 11 is 0. The number of fused-ring (bicyclic) bond motifs is 1. The van der Waals surface area contributed by atoms with Crippen LogP contribution in [0.5, 0.6) is 0 Å². The molecule has 2 aromatic rings. The molecule has 0 spiro atoms. The number of aryl methyl sites for hydroxylation is 2. The fraction of sp³-hybridized carbons (Fsp3) is 0.333. The molecule has 5 nitrogen and oxygen atoms in total. The Morgan fingerprint density at radius 2 is 1.30 bits per heavy atom. The van der Waals surface area contributed by atoms with Gasteiger partial charge >= 0.3 is 11.9 Å². The van der Waals surface area contributed by atoms with Gasteiger partial charge < -0.3 is 14.5 Å². The van der Waals surface area contributed by atoms with Gasteiger partial charge in [0, 0.05) is 22.9 Å². The first kappa shape index (κ1) is 16.8. The van der Waals surface area contributed by atoms with Crippen molar-refractivity contribution in [3.63, 3.8) is 0 Å². The maximum absolute atomic E-state index is 11.7. The highest BCUT2D eigenvalue weighted by Gasteiger charge is 2.07. The molecule has 0 saturated heterocycles. The van der Waals surface area contributed by atoms with Crippen molar-refractivity contribution in [2.45, 2.75) is 27.7 Å². The van der Waals surface area contributed by atoms with Crippen LogP contribution in [0.3, 0.4) is 0 Å². The molecule has 1 heterocycles. The Labute approximate surface area is 134 Å². The van der Waals surface area contributed by atoms with E-state index in [-0.39, 0.29) is 0 Å². The zero-order chi connectivity index (χ0) is 17.0. The van der Waals surface area contributed by atoms with E-state index in [0.717, 1.165) is 21.9 Å². The third kappa shape index (κ3) is 3.80. The Morgan fingerprint density at radius 1 is 0.913 bits per heavy atom. The van der Waals surface area contributed by atoms with E-state index in [4.69, 9.17) is 9.47 Å². The molecule has 0 aliphatic rings. The lowest BCUT2D eigenvalue weighted by Crippen LogP contribution is -2.15. The smallest absolute Gasteiger partial charge is 0.332 e. The molecule has 0 atom stereocenters. The molecule has 0 bridgehead atoms. The number of nitrogens with one attached hydrogen (secondary N) is 1. The number of hydrogen-bond acceptors (Lipinski definition) is 4. The zero-order valence-corrected chi connectivity index (χ0v) is 13.9. The van der Waals surface area contributed by atoms with E-state index in [1.165, 1.54) is 12.2 Å². The minimum Gasteiger partial charge on any atom is -0.463 e. The summed E-state index contributed by atoms with van der Waals surface area (Å²) in [6.07, 6.45) is 2.81. The summed E-state index contributed by atoms with van der Waals surface area (Å²) in [4.78, 5) is 26.6. The van der Waals surface area contributed by atoms with Gasteiger partial charge in [0.25, 0.3) is 0 Å². The van der Waals surface area contributed by atoms with Crippen LogP contribution in [0.25, 0.3) is 22.9 Å². The molecular formula is C18H21NO4. The van der Waals surface area contributed by atoms with E-state index in [0.29, 0.717) is 23.9 Å². The molecule has 1 N–H and O–H groups in total. The lowest BCUT2D eigenvalue weighted by atomic mass is 10.0. The fourth-order valence-electron chi connectivity index (χ4n) is 2.37. The SMILES string of the molecule is CCOC(=O)/C=c1\[nH]/c(=C\C(=O)OCC)c2cc(C)c(C)cc12. The van der Waals surface area contributed by atoms with Gasteiger partial charge in [0.1, 0.15) is 0 Å². The largest absolute Gasteiger partial charge is 0.463 e. The minimum atomic E-state index is -0.420. The molecule has 2 rings (SSSR count). The molecule has 1 aromatic heterocycles. The second-order valence-electron chi connectivity index (χ2n) is 5.23. The number of rotatable bonds is 4. The lowest BCUT2D eigenvalue weighted by Gasteiger charge is -2.00. The number of carbonyl (C=O) groups excluding carboxylic acids is 2. The monoisotopic (exact) mass is 315 g/mol. The van der Waals surface area contributed by atoms with Crippen molar-refractivity contribution < 1.29 is 19.1 Å². The van der Waals surface area contributed by atoms with Crippen molar-refractivity contribution >= 4 is 34.9 Å². The lowest BCUT2D eigenvalue weighted by molar-refractivity contribution is -0.136. The number of carbonyl (C=O) groups is 2. The topological polar surface area (TPSA) is 68.4 Å². The molecule has 23 heavy (non-hydrogen) atoms. The van der Waals surface area contributed by atoms with Crippen LogP contribution >= 0.6 is 0 Å². The van der Waals surface area contributed by atoms with Gasteiger partial charge in [0.15, 0.2) is 0 Å². The molecule has 0 aliphatic carbocycles. The number of benzene rings is 1. The van der Waals surface area contributed by atoms with Crippen molar-refractivity contribution in [3.05, 3.63) is 34.0 Å². The van der Waals surface area contributed by atoms with Crippen LogP contribution in [0.2, 0.25) is 0 Å². The van der Waals surface area contributed by atoms with Crippen LogP contribution in [-0.4, -0.2) is 30.1 Å². The van der Waals surface area contributed by atoms with Crippen molar-refractivity contribution in [2.24, 2.45) is 0 Å². The molecule has 0 unspecified atom stereocenters. The average molecular weight is 315 g/mol. The highest BCUT2D eigenvalue weighted by atomic mass is 16.5. The maximum atomic E-state index is 11.7. The molecule has 0 saturated carbocycles. The van der Waals surface area contributed by atoms with Crippen LogP contribution in [0.15, 0.2) is 12.1 Å². The Kier molecular flexibility index (Phi) is 5.21. The highest BCUT2D eigenvalue weighted by molar-refractivity contribution is 6.04. The number of aromatic amines is 1.